The molecular formula is C16H26N6O6. The van der Waals surface area contributed by atoms with Crippen LogP contribution in [0, 0.1) is 5.92 Å². The van der Waals surface area contributed by atoms with Crippen LogP contribution in [-0.2, 0) is 25.6 Å². The summed E-state index contributed by atoms with van der Waals surface area (Å²) in [6.07, 6.45) is 2.84. The molecule has 0 fully saturated rings. The largest absolute Gasteiger partial charge is 0.480 e. The van der Waals surface area contributed by atoms with Gasteiger partial charge in [-0.3, -0.25) is 14.4 Å². The number of nitrogens with two attached hydrogens (primary N) is 1. The summed E-state index contributed by atoms with van der Waals surface area (Å²) in [6, 6.07) is -3.39. The topological polar surface area (TPSA) is 200 Å². The van der Waals surface area contributed by atoms with Gasteiger partial charge in [0.2, 0.25) is 17.7 Å². The third-order valence-electron chi connectivity index (χ3n) is 3.82. The minimum atomic E-state index is -1.23. The number of carbonyl (C=O) groups is 4. The Balaban J connectivity index is 2.67. The van der Waals surface area contributed by atoms with Crippen LogP contribution in [0.15, 0.2) is 12.5 Å². The Morgan fingerprint density at radius 2 is 1.89 bits per heavy atom. The smallest absolute Gasteiger partial charge is 0.326 e. The van der Waals surface area contributed by atoms with Gasteiger partial charge in [-0.1, -0.05) is 13.8 Å². The van der Waals surface area contributed by atoms with Gasteiger partial charge in [0.1, 0.15) is 18.1 Å². The minimum absolute atomic E-state index is 0.00502. The molecule has 1 aromatic rings. The van der Waals surface area contributed by atoms with Gasteiger partial charge in [0, 0.05) is 18.3 Å². The van der Waals surface area contributed by atoms with E-state index in [0.717, 1.165) is 0 Å². The van der Waals surface area contributed by atoms with Gasteiger partial charge in [0.25, 0.3) is 0 Å². The maximum absolute atomic E-state index is 12.5. The quantitative estimate of drug-likeness (QED) is 0.206. The molecule has 1 rings (SSSR count). The number of carboxylic acid groups (broad SMARTS) is 1. The van der Waals surface area contributed by atoms with Crippen molar-refractivity contribution in [2.75, 3.05) is 13.2 Å². The number of hydrogen-bond acceptors (Lipinski definition) is 7. The molecule has 0 bridgehead atoms. The number of aromatic nitrogens is 2. The molecule has 0 aliphatic heterocycles. The Bertz CT molecular complexity index is 677. The number of imidazole rings is 1. The average molecular weight is 398 g/mol. The Kier molecular flexibility index (Phi) is 9.05. The number of carboxylic acids is 1. The van der Waals surface area contributed by atoms with Crippen LogP contribution in [0.5, 0.6) is 0 Å². The molecule has 12 heteroatoms. The van der Waals surface area contributed by atoms with Gasteiger partial charge in [-0.2, -0.15) is 0 Å². The molecule has 0 radical (unpaired) electrons. The molecule has 8 N–H and O–H groups in total. The number of aliphatic hydroxyl groups excluding tert-OH is 1. The number of rotatable bonds is 11. The molecule has 0 saturated carbocycles. The monoisotopic (exact) mass is 398 g/mol. The van der Waals surface area contributed by atoms with E-state index >= 15 is 0 Å². The van der Waals surface area contributed by atoms with Crippen LogP contribution < -0.4 is 21.7 Å². The van der Waals surface area contributed by atoms with E-state index in [9.17, 15) is 24.3 Å². The van der Waals surface area contributed by atoms with Crippen LogP contribution in [-0.4, -0.2) is 75.1 Å². The second-order valence-electron chi connectivity index (χ2n) is 6.48. The number of H-pyrrole nitrogens is 1. The van der Waals surface area contributed by atoms with E-state index in [1.54, 1.807) is 13.8 Å². The molecule has 3 atom stereocenters. The average Bonchev–Trinajstić information content (AvgIpc) is 3.15. The molecule has 0 aromatic carbocycles. The first-order valence-electron chi connectivity index (χ1n) is 8.59. The van der Waals surface area contributed by atoms with Crippen LogP contribution >= 0.6 is 0 Å². The lowest BCUT2D eigenvalue weighted by molar-refractivity contribution is -0.142. The van der Waals surface area contributed by atoms with Crippen molar-refractivity contribution in [3.63, 3.8) is 0 Å². The first-order chi connectivity index (χ1) is 13.1. The van der Waals surface area contributed by atoms with Crippen molar-refractivity contribution in [2.45, 2.75) is 38.4 Å². The highest BCUT2D eigenvalue weighted by molar-refractivity contribution is 5.92. The van der Waals surface area contributed by atoms with E-state index in [-0.39, 0.29) is 12.3 Å². The Labute approximate surface area is 161 Å². The molecule has 28 heavy (non-hydrogen) atoms. The summed E-state index contributed by atoms with van der Waals surface area (Å²) in [7, 11) is 0. The van der Waals surface area contributed by atoms with Crippen LogP contribution in [0.2, 0.25) is 0 Å². The normalized spacial score (nSPS) is 14.0. The second-order valence-corrected chi connectivity index (χ2v) is 6.48. The molecule has 3 amide bonds. The van der Waals surface area contributed by atoms with Gasteiger partial charge >= 0.3 is 5.97 Å². The van der Waals surface area contributed by atoms with E-state index in [2.05, 4.69) is 25.9 Å². The standard InChI is InChI=1S/C16H26N6O6/c1-8(2)13(22-12(24)5-19-14(25)10(17)6-23)15(26)21-11(16(27)28)3-9-4-18-7-20-9/h4,7-8,10-11,13,23H,3,5-6,17H2,1-2H3,(H,18,20)(H,19,25)(H,21,26)(H,22,24)(H,27,28). The maximum Gasteiger partial charge on any atom is 0.326 e. The number of aliphatic hydroxyl groups is 1. The number of nitrogens with one attached hydrogen (secondary N) is 4. The van der Waals surface area contributed by atoms with Gasteiger partial charge < -0.3 is 36.9 Å². The molecule has 3 unspecified atom stereocenters. The van der Waals surface area contributed by atoms with Crippen LogP contribution in [0.3, 0.4) is 0 Å². The number of hydrogen-bond donors (Lipinski definition) is 7. The number of amides is 3. The molecule has 0 aliphatic carbocycles. The summed E-state index contributed by atoms with van der Waals surface area (Å²) in [6.45, 7) is 2.34. The summed E-state index contributed by atoms with van der Waals surface area (Å²) in [5.74, 6) is -3.63. The second kappa shape index (κ2) is 11.0. The highest BCUT2D eigenvalue weighted by Crippen LogP contribution is 2.05. The highest BCUT2D eigenvalue weighted by atomic mass is 16.4. The Morgan fingerprint density at radius 3 is 2.39 bits per heavy atom. The van der Waals surface area contributed by atoms with E-state index in [1.165, 1.54) is 12.5 Å². The van der Waals surface area contributed by atoms with Crippen molar-refractivity contribution in [1.82, 2.24) is 25.9 Å². The van der Waals surface area contributed by atoms with Gasteiger partial charge in [-0.25, -0.2) is 9.78 Å². The molecule has 1 heterocycles. The lowest BCUT2D eigenvalue weighted by atomic mass is 10.0. The van der Waals surface area contributed by atoms with Crippen LogP contribution in [0.4, 0.5) is 0 Å². The zero-order valence-electron chi connectivity index (χ0n) is 15.6. The van der Waals surface area contributed by atoms with E-state index in [4.69, 9.17) is 10.8 Å². The molecule has 12 nitrogen and oxygen atoms in total. The van der Waals surface area contributed by atoms with Gasteiger partial charge in [-0.05, 0) is 5.92 Å². The third kappa shape index (κ3) is 7.32. The van der Waals surface area contributed by atoms with Crippen LogP contribution in [0.1, 0.15) is 19.5 Å². The van der Waals surface area contributed by atoms with Crippen molar-refractivity contribution < 1.29 is 29.4 Å². The SMILES string of the molecule is CC(C)C(NC(=O)CNC(=O)C(N)CO)C(=O)NC(Cc1cnc[nH]1)C(=O)O. The minimum Gasteiger partial charge on any atom is -0.480 e. The van der Waals surface area contributed by atoms with Gasteiger partial charge in [0.15, 0.2) is 0 Å². The molecule has 156 valence electrons. The fourth-order valence-corrected chi connectivity index (χ4v) is 2.22. The predicted molar refractivity (Wildman–Crippen MR) is 96.7 cm³/mol. The maximum atomic E-state index is 12.5. The first kappa shape index (κ1) is 23.0. The van der Waals surface area contributed by atoms with Gasteiger partial charge in [-0.15, -0.1) is 0 Å². The molecular weight excluding hydrogens is 372 g/mol. The molecule has 1 aromatic heterocycles. The summed E-state index contributed by atoms with van der Waals surface area (Å²) in [5.41, 5.74) is 5.85. The lowest BCUT2D eigenvalue weighted by Crippen LogP contribution is -2.56. The first-order valence-corrected chi connectivity index (χ1v) is 8.59. The Hall–Kier alpha value is -2.99. The number of aromatic amines is 1. The van der Waals surface area contributed by atoms with Crippen LogP contribution in [0.25, 0.3) is 0 Å². The van der Waals surface area contributed by atoms with Crippen molar-refractivity contribution in [3.05, 3.63) is 18.2 Å². The lowest BCUT2D eigenvalue weighted by Gasteiger charge is -2.24. The van der Waals surface area contributed by atoms with Crippen molar-refractivity contribution in [1.29, 1.82) is 0 Å². The third-order valence-corrected chi connectivity index (χ3v) is 3.82. The summed E-state index contributed by atoms with van der Waals surface area (Å²) in [4.78, 5) is 54.0. The van der Waals surface area contributed by atoms with E-state index in [0.29, 0.717) is 5.69 Å². The summed E-state index contributed by atoms with van der Waals surface area (Å²) >= 11 is 0. The van der Waals surface area contributed by atoms with Crippen molar-refractivity contribution in [2.24, 2.45) is 11.7 Å². The van der Waals surface area contributed by atoms with Crippen molar-refractivity contribution in [3.8, 4) is 0 Å². The number of aliphatic carboxylic acids is 1. The summed E-state index contributed by atoms with van der Waals surface area (Å²) < 4.78 is 0. The predicted octanol–water partition coefficient (Wildman–Crippen LogP) is -2.90. The summed E-state index contributed by atoms with van der Waals surface area (Å²) in [5, 5.41) is 25.2. The zero-order chi connectivity index (χ0) is 21.3. The van der Waals surface area contributed by atoms with E-state index < -0.39 is 55.0 Å². The van der Waals surface area contributed by atoms with Crippen molar-refractivity contribution >= 4 is 23.7 Å². The molecule has 0 spiro atoms. The molecule has 0 saturated heterocycles. The fourth-order valence-electron chi connectivity index (χ4n) is 2.22. The Morgan fingerprint density at radius 1 is 1.21 bits per heavy atom. The fraction of sp³-hybridized carbons (Fsp3) is 0.562. The number of carbonyl (C=O) groups excluding carboxylic acids is 3. The number of nitrogens with zero attached hydrogens (tertiary/aromatic N) is 1. The highest BCUT2D eigenvalue weighted by Gasteiger charge is 2.29. The molecule has 0 aliphatic rings. The van der Waals surface area contributed by atoms with E-state index in [1.807, 2.05) is 0 Å². The zero-order valence-corrected chi connectivity index (χ0v) is 15.6. The van der Waals surface area contributed by atoms with Gasteiger partial charge in [0.05, 0.1) is 19.5 Å².